The first-order valence-corrected chi connectivity index (χ1v) is 14.1. The van der Waals surface area contributed by atoms with Gasteiger partial charge in [0.15, 0.2) is 6.54 Å². The quantitative estimate of drug-likeness (QED) is 0.138. The van der Waals surface area contributed by atoms with E-state index in [0.717, 1.165) is 35.0 Å². The van der Waals surface area contributed by atoms with E-state index < -0.39 is 0 Å². The van der Waals surface area contributed by atoms with Gasteiger partial charge in [0, 0.05) is 13.0 Å². The maximum Gasteiger partial charge on any atom is 0.275 e. The van der Waals surface area contributed by atoms with Gasteiger partial charge in [0.05, 0.1) is 48.3 Å². The molecule has 0 fully saturated rings. The summed E-state index contributed by atoms with van der Waals surface area (Å²) in [6, 6.07) is 0. The van der Waals surface area contributed by atoms with E-state index >= 15 is 0 Å². The zero-order chi connectivity index (χ0) is 24.1. The van der Waals surface area contributed by atoms with Gasteiger partial charge in [0.1, 0.15) is 0 Å². The van der Waals surface area contributed by atoms with Crippen molar-refractivity contribution in [2.75, 3.05) is 61.4 Å². The number of hydrogen-bond donors (Lipinski definition) is 1. The number of nitrogens with one attached hydrogen (secondary N) is 1. The van der Waals surface area contributed by atoms with Gasteiger partial charge in [0.2, 0.25) is 0 Å². The van der Waals surface area contributed by atoms with Crippen molar-refractivity contribution in [3.05, 3.63) is 0 Å². The molecule has 0 aliphatic heterocycles. The Hall–Kier alpha value is -0.610. The lowest BCUT2D eigenvalue weighted by molar-refractivity contribution is -0.882. The van der Waals surface area contributed by atoms with Gasteiger partial charge < -0.3 is 14.3 Å². The van der Waals surface area contributed by atoms with Crippen LogP contribution in [0.3, 0.4) is 0 Å². The monoisotopic (exact) mass is 455 g/mol. The summed E-state index contributed by atoms with van der Waals surface area (Å²) in [5, 5.41) is 3.10. The van der Waals surface area contributed by atoms with Crippen molar-refractivity contribution in [1.82, 2.24) is 5.32 Å². The standard InChI is InChI=1S/C28H60N3O/c1-7-8-9-10-11-12-13-14-15-16-17-18-19-20-21-22-26-31(5,6)27-28(32)29-24-23-25-30(2,3)4/h7-27H2,1-6H3/q+1/p+1. The zero-order valence-electron chi connectivity index (χ0n) is 23.2. The summed E-state index contributed by atoms with van der Waals surface area (Å²) in [5.74, 6) is 0.202. The van der Waals surface area contributed by atoms with Crippen molar-refractivity contribution in [3.8, 4) is 0 Å². The molecular formula is C28H61N3O+2. The van der Waals surface area contributed by atoms with Crippen molar-refractivity contribution in [2.45, 2.75) is 116 Å². The molecule has 0 heterocycles. The van der Waals surface area contributed by atoms with Crippen LogP contribution in [0.5, 0.6) is 0 Å². The molecule has 0 aliphatic rings. The number of likely N-dealkylation sites (N-methyl/N-ethyl adjacent to an activating group) is 1. The summed E-state index contributed by atoms with van der Waals surface area (Å²) in [7, 11) is 11.0. The first-order valence-electron chi connectivity index (χ1n) is 14.1. The molecule has 32 heavy (non-hydrogen) atoms. The van der Waals surface area contributed by atoms with Gasteiger partial charge in [0.25, 0.3) is 5.91 Å². The predicted molar refractivity (Wildman–Crippen MR) is 142 cm³/mol. The highest BCUT2D eigenvalue weighted by Crippen LogP contribution is 2.14. The molecule has 0 aliphatic carbocycles. The average molecular weight is 456 g/mol. The Bertz CT molecular complexity index is 429. The molecule has 0 unspecified atom stereocenters. The minimum Gasteiger partial charge on any atom is -0.351 e. The minimum absolute atomic E-state index is 0.202. The molecule has 0 aromatic carbocycles. The van der Waals surface area contributed by atoms with Gasteiger partial charge in [-0.25, -0.2) is 0 Å². The molecule has 0 radical (unpaired) electrons. The second-order valence-corrected chi connectivity index (χ2v) is 11.8. The summed E-state index contributed by atoms with van der Waals surface area (Å²) >= 11 is 0. The molecule has 1 amide bonds. The lowest BCUT2D eigenvalue weighted by Crippen LogP contribution is -2.48. The third-order valence-corrected chi connectivity index (χ3v) is 6.52. The zero-order valence-corrected chi connectivity index (χ0v) is 23.2. The van der Waals surface area contributed by atoms with Crippen LogP contribution in [-0.4, -0.2) is 76.3 Å². The van der Waals surface area contributed by atoms with Crippen LogP contribution in [0.4, 0.5) is 0 Å². The summed E-state index contributed by atoms with van der Waals surface area (Å²) in [5.41, 5.74) is 0. The summed E-state index contributed by atoms with van der Waals surface area (Å²) < 4.78 is 1.76. The third kappa shape index (κ3) is 24.0. The lowest BCUT2D eigenvalue weighted by Gasteiger charge is -2.29. The molecule has 0 aromatic rings. The average Bonchev–Trinajstić information content (AvgIpc) is 2.70. The molecule has 4 nitrogen and oxygen atoms in total. The number of rotatable bonds is 23. The molecule has 0 bridgehead atoms. The second kappa shape index (κ2) is 19.8. The Labute approximate surface area is 202 Å². The largest absolute Gasteiger partial charge is 0.351 e. The molecule has 4 heteroatoms. The van der Waals surface area contributed by atoms with Gasteiger partial charge in [-0.3, -0.25) is 4.79 Å². The van der Waals surface area contributed by atoms with Crippen molar-refractivity contribution >= 4 is 5.91 Å². The van der Waals surface area contributed by atoms with Crippen LogP contribution in [0.25, 0.3) is 0 Å². The Morgan fingerprint density at radius 3 is 1.38 bits per heavy atom. The van der Waals surface area contributed by atoms with E-state index in [9.17, 15) is 4.79 Å². The van der Waals surface area contributed by atoms with Gasteiger partial charge >= 0.3 is 0 Å². The summed E-state index contributed by atoms with van der Waals surface area (Å²) in [6.07, 6.45) is 23.5. The van der Waals surface area contributed by atoms with Crippen LogP contribution < -0.4 is 5.32 Å². The first-order chi connectivity index (χ1) is 15.2. The molecule has 0 saturated carbocycles. The van der Waals surface area contributed by atoms with Gasteiger partial charge in [-0.1, -0.05) is 96.8 Å². The fourth-order valence-electron chi connectivity index (χ4n) is 4.39. The molecule has 1 N–H and O–H groups in total. The van der Waals surface area contributed by atoms with E-state index in [1.165, 1.54) is 103 Å². The van der Waals surface area contributed by atoms with Gasteiger partial charge in [-0.2, -0.15) is 0 Å². The molecule has 0 rings (SSSR count). The maximum atomic E-state index is 12.2. The molecule has 0 aromatic heterocycles. The van der Waals surface area contributed by atoms with E-state index in [1.54, 1.807) is 0 Å². The van der Waals surface area contributed by atoms with Crippen LogP contribution in [0.15, 0.2) is 0 Å². The smallest absolute Gasteiger partial charge is 0.275 e. The first kappa shape index (κ1) is 31.4. The highest BCUT2D eigenvalue weighted by atomic mass is 16.2. The predicted octanol–water partition coefficient (Wildman–Crippen LogP) is 6.54. The van der Waals surface area contributed by atoms with Gasteiger partial charge in [-0.05, 0) is 12.8 Å². The number of quaternary nitrogens is 2. The maximum absolute atomic E-state index is 12.2. The number of carbonyl (C=O) groups excluding carboxylic acids is 1. The third-order valence-electron chi connectivity index (χ3n) is 6.52. The fraction of sp³-hybridized carbons (Fsp3) is 0.964. The van der Waals surface area contributed by atoms with E-state index in [4.69, 9.17) is 0 Å². The van der Waals surface area contributed by atoms with Crippen molar-refractivity contribution < 1.29 is 13.8 Å². The summed E-state index contributed by atoms with van der Waals surface area (Å²) in [4.78, 5) is 12.2. The highest BCUT2D eigenvalue weighted by molar-refractivity contribution is 5.76. The molecule has 0 saturated heterocycles. The van der Waals surface area contributed by atoms with Crippen LogP contribution in [-0.2, 0) is 4.79 Å². The number of unbranched alkanes of at least 4 members (excludes halogenated alkanes) is 15. The Morgan fingerprint density at radius 1 is 0.562 bits per heavy atom. The van der Waals surface area contributed by atoms with E-state index in [-0.39, 0.29) is 5.91 Å². The molecule has 0 spiro atoms. The molecule has 0 atom stereocenters. The van der Waals surface area contributed by atoms with Gasteiger partial charge in [-0.15, -0.1) is 0 Å². The number of amides is 1. The SMILES string of the molecule is CCCCCCCCCCCCCCCCCC[N+](C)(C)CC(=O)NCCC[N+](C)(C)C. The number of carbonyl (C=O) groups is 1. The highest BCUT2D eigenvalue weighted by Gasteiger charge is 2.19. The van der Waals surface area contributed by atoms with E-state index in [1.807, 2.05) is 0 Å². The second-order valence-electron chi connectivity index (χ2n) is 11.8. The Balaban J connectivity index is 3.45. The molecular weight excluding hydrogens is 394 g/mol. The van der Waals surface area contributed by atoms with Crippen molar-refractivity contribution in [1.29, 1.82) is 0 Å². The van der Waals surface area contributed by atoms with Crippen LogP contribution in [0.2, 0.25) is 0 Å². The lowest BCUT2D eigenvalue weighted by atomic mass is 10.0. The Morgan fingerprint density at radius 2 is 0.969 bits per heavy atom. The van der Waals surface area contributed by atoms with Crippen LogP contribution in [0.1, 0.15) is 116 Å². The molecule has 192 valence electrons. The van der Waals surface area contributed by atoms with E-state index in [0.29, 0.717) is 6.54 Å². The topological polar surface area (TPSA) is 29.1 Å². The number of hydrogen-bond acceptors (Lipinski definition) is 1. The minimum atomic E-state index is 0.202. The summed E-state index contributed by atoms with van der Waals surface area (Å²) in [6.45, 7) is 5.89. The van der Waals surface area contributed by atoms with Crippen LogP contribution >= 0.6 is 0 Å². The van der Waals surface area contributed by atoms with Crippen molar-refractivity contribution in [3.63, 3.8) is 0 Å². The number of nitrogens with zero attached hydrogens (tertiary/aromatic N) is 2. The fourth-order valence-corrected chi connectivity index (χ4v) is 4.39. The van der Waals surface area contributed by atoms with Crippen LogP contribution in [0, 0.1) is 0 Å². The Kier molecular flexibility index (Phi) is 19.4. The normalized spacial score (nSPS) is 12.3. The van der Waals surface area contributed by atoms with Crippen molar-refractivity contribution in [2.24, 2.45) is 0 Å². The van der Waals surface area contributed by atoms with E-state index in [2.05, 4.69) is 47.5 Å².